The predicted molar refractivity (Wildman–Crippen MR) is 83.2 cm³/mol. The maximum atomic E-state index is 12.1. The van der Waals surface area contributed by atoms with E-state index in [1.165, 1.54) is 7.11 Å². The van der Waals surface area contributed by atoms with E-state index in [4.69, 9.17) is 25.5 Å². The number of benzene rings is 1. The molecule has 0 amide bonds. The quantitative estimate of drug-likeness (QED) is 0.632. The number of hydrogen-bond donors (Lipinski definition) is 0. The summed E-state index contributed by atoms with van der Waals surface area (Å²) in [5.41, 5.74) is 0.787. The fourth-order valence-electron chi connectivity index (χ4n) is 2.09. The molecule has 0 bridgehead atoms. The van der Waals surface area contributed by atoms with Crippen LogP contribution < -0.4 is 10.4 Å². The Balaban J connectivity index is 2.47. The molecule has 1 aromatic heterocycles. The summed E-state index contributed by atoms with van der Waals surface area (Å²) in [7, 11) is 1.52. The van der Waals surface area contributed by atoms with Gasteiger partial charge in [0.1, 0.15) is 11.3 Å². The third kappa shape index (κ3) is 3.99. The highest BCUT2D eigenvalue weighted by Gasteiger charge is 2.16. The molecule has 0 aliphatic heterocycles. The Morgan fingerprint density at radius 2 is 1.95 bits per heavy atom. The van der Waals surface area contributed by atoms with Crippen molar-refractivity contribution in [1.29, 1.82) is 0 Å². The molecule has 4 nitrogen and oxygen atoms in total. The zero-order chi connectivity index (χ0) is 15.6. The van der Waals surface area contributed by atoms with E-state index >= 15 is 0 Å². The Kier molecular flexibility index (Phi) is 4.59. The number of halogens is 1. The number of hydrogen-bond acceptors (Lipinski definition) is 4. The van der Waals surface area contributed by atoms with E-state index in [-0.39, 0.29) is 17.8 Å². The largest absolute Gasteiger partial charge is 0.466 e. The summed E-state index contributed by atoms with van der Waals surface area (Å²) in [6.45, 7) is 6.31. The van der Waals surface area contributed by atoms with E-state index in [0.717, 1.165) is 5.39 Å². The highest BCUT2D eigenvalue weighted by Crippen LogP contribution is 2.30. The van der Waals surface area contributed by atoms with Crippen LogP contribution in [0.2, 0.25) is 5.02 Å². The molecule has 0 N–H and O–H groups in total. The average Bonchev–Trinajstić information content (AvgIpc) is 2.36. The fraction of sp³-hybridized carbons (Fsp3) is 0.438. The molecule has 0 aliphatic carbocycles. The first kappa shape index (κ1) is 15.9. The fourth-order valence-corrected chi connectivity index (χ4v) is 2.32. The van der Waals surface area contributed by atoms with Gasteiger partial charge in [0.2, 0.25) is 0 Å². The summed E-state index contributed by atoms with van der Waals surface area (Å²) in [6, 6.07) is 5.17. The lowest BCUT2D eigenvalue weighted by molar-refractivity contribution is 0.0512. The summed E-state index contributed by atoms with van der Waals surface area (Å²) in [5, 5.41) is 1.23. The molecular weight excluding hydrogens is 292 g/mol. The first-order valence-corrected chi connectivity index (χ1v) is 7.06. The molecule has 2 aromatic rings. The average molecular weight is 311 g/mol. The van der Waals surface area contributed by atoms with E-state index in [1.807, 2.05) is 6.07 Å². The first-order chi connectivity index (χ1) is 9.80. The van der Waals surface area contributed by atoms with Crippen molar-refractivity contribution in [2.45, 2.75) is 27.2 Å². The van der Waals surface area contributed by atoms with Crippen LogP contribution in [-0.2, 0) is 11.2 Å². The van der Waals surface area contributed by atoms with E-state index in [9.17, 15) is 4.79 Å². The molecule has 2 rings (SSSR count). The van der Waals surface area contributed by atoms with Crippen LogP contribution in [0.25, 0.3) is 11.0 Å². The van der Waals surface area contributed by atoms with Crippen molar-refractivity contribution in [1.82, 2.24) is 0 Å². The normalized spacial score (nSPS) is 11.9. The SMILES string of the molecule is COCOc1cc2oc(=O)c(CC(C)(C)C)cc2cc1Cl. The third-order valence-electron chi connectivity index (χ3n) is 2.91. The van der Waals surface area contributed by atoms with Gasteiger partial charge in [-0.25, -0.2) is 4.79 Å². The standard InChI is InChI=1S/C16H19ClO4/c1-16(2,3)8-11-5-10-6-12(17)14(20-9-19-4)7-13(10)21-15(11)18/h5-7H,8-9H2,1-4H3. The van der Waals surface area contributed by atoms with Crippen molar-refractivity contribution in [3.8, 4) is 5.75 Å². The molecule has 114 valence electrons. The van der Waals surface area contributed by atoms with Crippen LogP contribution in [0.4, 0.5) is 0 Å². The van der Waals surface area contributed by atoms with Gasteiger partial charge in [-0.15, -0.1) is 0 Å². The highest BCUT2D eigenvalue weighted by atomic mass is 35.5. The lowest BCUT2D eigenvalue weighted by Crippen LogP contribution is -2.16. The molecule has 1 aromatic carbocycles. The van der Waals surface area contributed by atoms with Gasteiger partial charge in [-0.1, -0.05) is 32.4 Å². The van der Waals surface area contributed by atoms with Gasteiger partial charge in [-0.3, -0.25) is 0 Å². The van der Waals surface area contributed by atoms with Crippen molar-refractivity contribution < 1.29 is 13.9 Å². The highest BCUT2D eigenvalue weighted by molar-refractivity contribution is 6.32. The van der Waals surface area contributed by atoms with Crippen LogP contribution in [0.1, 0.15) is 26.3 Å². The molecule has 0 aliphatic rings. The monoisotopic (exact) mass is 310 g/mol. The zero-order valence-electron chi connectivity index (χ0n) is 12.7. The minimum absolute atomic E-state index is 0.00761. The number of fused-ring (bicyclic) bond motifs is 1. The summed E-state index contributed by atoms with van der Waals surface area (Å²) in [4.78, 5) is 12.1. The smallest absolute Gasteiger partial charge is 0.339 e. The number of rotatable bonds is 4. The van der Waals surface area contributed by atoms with Crippen LogP contribution in [0.15, 0.2) is 27.4 Å². The van der Waals surface area contributed by atoms with E-state index in [1.54, 1.807) is 12.1 Å². The maximum Gasteiger partial charge on any atom is 0.339 e. The zero-order valence-corrected chi connectivity index (χ0v) is 13.4. The molecule has 0 saturated carbocycles. The van der Waals surface area contributed by atoms with E-state index in [2.05, 4.69) is 20.8 Å². The first-order valence-electron chi connectivity index (χ1n) is 6.68. The maximum absolute atomic E-state index is 12.1. The predicted octanol–water partition coefficient (Wildman–Crippen LogP) is 4.02. The van der Waals surface area contributed by atoms with Gasteiger partial charge in [0.05, 0.1) is 5.02 Å². The molecule has 0 spiro atoms. The molecule has 5 heteroatoms. The van der Waals surface area contributed by atoms with Gasteiger partial charge in [0, 0.05) is 24.1 Å². The van der Waals surface area contributed by atoms with Crippen LogP contribution in [0.5, 0.6) is 5.75 Å². The molecular formula is C16H19ClO4. The minimum Gasteiger partial charge on any atom is -0.466 e. The number of methoxy groups -OCH3 is 1. The van der Waals surface area contributed by atoms with E-state index < -0.39 is 0 Å². The van der Waals surface area contributed by atoms with Crippen molar-refractivity contribution in [3.63, 3.8) is 0 Å². The van der Waals surface area contributed by atoms with Crippen molar-refractivity contribution in [3.05, 3.63) is 39.2 Å². The Bertz CT molecular complexity index is 698. The second-order valence-corrected chi connectivity index (χ2v) is 6.58. The lowest BCUT2D eigenvalue weighted by Gasteiger charge is -2.17. The molecule has 0 saturated heterocycles. The summed E-state index contributed by atoms with van der Waals surface area (Å²) < 4.78 is 15.5. The molecule has 0 fully saturated rings. The molecule has 0 unspecified atom stereocenters. The van der Waals surface area contributed by atoms with Crippen molar-refractivity contribution >= 4 is 22.6 Å². The van der Waals surface area contributed by atoms with E-state index in [0.29, 0.717) is 28.3 Å². The molecule has 21 heavy (non-hydrogen) atoms. The van der Waals surface area contributed by atoms with Crippen LogP contribution in [0, 0.1) is 5.41 Å². The molecule has 0 radical (unpaired) electrons. The second kappa shape index (κ2) is 6.08. The lowest BCUT2D eigenvalue weighted by atomic mass is 9.88. The Labute approximate surface area is 128 Å². The Hall–Kier alpha value is -1.52. The molecule has 1 heterocycles. The second-order valence-electron chi connectivity index (χ2n) is 6.17. The van der Waals surface area contributed by atoms with Gasteiger partial charge in [-0.05, 0) is 24.0 Å². The summed E-state index contributed by atoms with van der Waals surface area (Å²) >= 11 is 6.16. The topological polar surface area (TPSA) is 48.7 Å². The van der Waals surface area contributed by atoms with Gasteiger partial charge >= 0.3 is 5.63 Å². The summed E-state index contributed by atoms with van der Waals surface area (Å²) in [5.74, 6) is 0.428. The van der Waals surface area contributed by atoms with Gasteiger partial charge in [-0.2, -0.15) is 0 Å². The van der Waals surface area contributed by atoms with Gasteiger partial charge < -0.3 is 13.9 Å². The van der Waals surface area contributed by atoms with Crippen LogP contribution in [-0.4, -0.2) is 13.9 Å². The van der Waals surface area contributed by atoms with Gasteiger partial charge in [0.25, 0.3) is 0 Å². The van der Waals surface area contributed by atoms with Gasteiger partial charge in [0.15, 0.2) is 6.79 Å². The Morgan fingerprint density at radius 3 is 2.57 bits per heavy atom. The number of ether oxygens (including phenoxy) is 2. The van der Waals surface area contributed by atoms with Crippen LogP contribution in [0.3, 0.4) is 0 Å². The Morgan fingerprint density at radius 1 is 1.24 bits per heavy atom. The third-order valence-corrected chi connectivity index (χ3v) is 3.21. The van der Waals surface area contributed by atoms with Crippen molar-refractivity contribution in [2.75, 3.05) is 13.9 Å². The van der Waals surface area contributed by atoms with Crippen molar-refractivity contribution in [2.24, 2.45) is 5.41 Å². The molecule has 0 atom stereocenters. The van der Waals surface area contributed by atoms with Crippen LogP contribution >= 0.6 is 11.6 Å². The minimum atomic E-state index is -0.322. The summed E-state index contributed by atoms with van der Waals surface area (Å²) in [6.07, 6.45) is 0.644.